The summed E-state index contributed by atoms with van der Waals surface area (Å²) < 4.78 is 28.9. The fraction of sp³-hybridized carbons (Fsp3) is 0.714. The number of aromatic nitrogens is 2. The first-order chi connectivity index (χ1) is 25.7. The number of aryl methyl sites for hydroxylation is 1. The maximum atomic E-state index is 15.0. The van der Waals surface area contributed by atoms with Crippen LogP contribution in [0.5, 0.6) is 5.88 Å². The van der Waals surface area contributed by atoms with E-state index in [0.29, 0.717) is 38.5 Å². The van der Waals surface area contributed by atoms with Crippen molar-refractivity contribution in [3.05, 3.63) is 45.5 Å². The summed E-state index contributed by atoms with van der Waals surface area (Å²) in [6.07, 6.45) is 9.34. The van der Waals surface area contributed by atoms with Gasteiger partial charge in [0.15, 0.2) is 23.9 Å². The number of rotatable bonds is 8. The smallest absolute Gasteiger partial charge is 0.481 e. The first kappa shape index (κ1) is 39.1. The molecule has 13 nitrogen and oxygen atoms in total. The number of carboxylic acids is 1. The number of fused-ring (bicyclic) bond motifs is 7. The van der Waals surface area contributed by atoms with E-state index in [1.807, 2.05) is 19.9 Å². The van der Waals surface area contributed by atoms with Gasteiger partial charge >= 0.3 is 23.7 Å². The lowest BCUT2D eigenvalue weighted by Crippen LogP contribution is -2.67. The topological polar surface area (TPSA) is 177 Å². The van der Waals surface area contributed by atoms with E-state index < -0.39 is 57.4 Å². The van der Waals surface area contributed by atoms with E-state index in [1.54, 1.807) is 18.5 Å². The largest absolute Gasteiger partial charge is 0.519 e. The van der Waals surface area contributed by atoms with Crippen molar-refractivity contribution in [2.45, 2.75) is 126 Å². The third kappa shape index (κ3) is 5.44. The molecule has 0 spiro atoms. The Balaban J connectivity index is 1.32. The van der Waals surface area contributed by atoms with Gasteiger partial charge < -0.3 is 28.2 Å². The summed E-state index contributed by atoms with van der Waals surface area (Å²) in [5.41, 5.74) is -2.46. The number of nitrogens with zero attached hydrogens (tertiary/aromatic N) is 2. The number of carboxylic acid groups (broad SMARTS) is 1. The van der Waals surface area contributed by atoms with Crippen LogP contribution < -0.4 is 10.6 Å². The van der Waals surface area contributed by atoms with E-state index in [-0.39, 0.29) is 64.6 Å². The summed E-state index contributed by atoms with van der Waals surface area (Å²) in [6, 6.07) is -0.635. The van der Waals surface area contributed by atoms with Crippen molar-refractivity contribution in [1.82, 2.24) is 9.78 Å². The van der Waals surface area contributed by atoms with Crippen LogP contribution in [-0.2, 0) is 30.5 Å². The number of hydrogen-bond donors (Lipinski definition) is 1. The Morgan fingerprint density at radius 1 is 0.964 bits per heavy atom. The molecule has 0 aromatic carbocycles. The molecule has 2 heterocycles. The summed E-state index contributed by atoms with van der Waals surface area (Å²) >= 11 is 0. The van der Waals surface area contributed by atoms with Crippen LogP contribution >= 0.6 is 0 Å². The van der Waals surface area contributed by atoms with Crippen molar-refractivity contribution in [1.29, 1.82) is 0 Å². The van der Waals surface area contributed by atoms with Crippen LogP contribution in [0.25, 0.3) is 0 Å². The highest BCUT2D eigenvalue weighted by Gasteiger charge is 2.72. The van der Waals surface area contributed by atoms with Crippen LogP contribution in [0.15, 0.2) is 31.5 Å². The molecular formula is C42H56N2O11. The van der Waals surface area contributed by atoms with Crippen LogP contribution in [0.1, 0.15) is 134 Å². The molecule has 0 unspecified atom stereocenters. The van der Waals surface area contributed by atoms with E-state index in [4.69, 9.17) is 23.0 Å². The highest BCUT2D eigenvalue weighted by atomic mass is 16.6. The average molecular weight is 765 g/mol. The lowest BCUT2D eigenvalue weighted by atomic mass is 9.33. The van der Waals surface area contributed by atoms with Gasteiger partial charge in [0.05, 0.1) is 36.8 Å². The van der Waals surface area contributed by atoms with E-state index in [2.05, 4.69) is 32.8 Å². The quantitative estimate of drug-likeness (QED) is 0.267. The molecule has 7 rings (SSSR count). The Hall–Kier alpha value is -4.16. The number of carbonyl (C=O) groups excluding carboxylic acids is 3. The fourth-order valence-corrected chi connectivity index (χ4v) is 12.6. The van der Waals surface area contributed by atoms with Gasteiger partial charge in [0, 0.05) is 5.92 Å². The summed E-state index contributed by atoms with van der Waals surface area (Å²) in [7, 11) is 1.44. The molecular weight excluding hydrogens is 708 g/mol. The minimum atomic E-state index is -1.29. The Kier molecular flexibility index (Phi) is 9.20. The lowest BCUT2D eigenvalue weighted by Gasteiger charge is -2.70. The molecule has 0 saturated heterocycles. The van der Waals surface area contributed by atoms with Crippen molar-refractivity contribution < 1.29 is 47.3 Å². The van der Waals surface area contributed by atoms with Crippen LogP contribution in [0.3, 0.4) is 0 Å². The van der Waals surface area contributed by atoms with Crippen molar-refractivity contribution >= 4 is 23.7 Å². The van der Waals surface area contributed by atoms with Gasteiger partial charge in [-0.1, -0.05) is 33.3 Å². The maximum absolute atomic E-state index is 15.0. The third-order valence-electron chi connectivity index (χ3n) is 16.1. The number of aliphatic carboxylic acids is 1. The summed E-state index contributed by atoms with van der Waals surface area (Å²) in [5, 5.41) is 14.9. The molecule has 10 atom stereocenters. The number of allylic oxidation sites excluding steroid dienone is 2. The number of ether oxygens (including phenoxy) is 3. The highest BCUT2D eigenvalue weighted by molar-refractivity contribution is 5.96. The van der Waals surface area contributed by atoms with Gasteiger partial charge in [-0.15, -0.1) is 0 Å². The first-order valence-corrected chi connectivity index (χ1v) is 19.8. The van der Waals surface area contributed by atoms with Gasteiger partial charge in [-0.25, -0.2) is 14.3 Å². The molecule has 13 heteroatoms. The van der Waals surface area contributed by atoms with Crippen molar-refractivity contribution in [2.75, 3.05) is 13.7 Å². The van der Waals surface area contributed by atoms with Crippen LogP contribution in [0, 0.1) is 57.2 Å². The molecule has 4 fully saturated rings. The second-order valence-corrected chi connectivity index (χ2v) is 18.6. The summed E-state index contributed by atoms with van der Waals surface area (Å²) in [6.45, 7) is 15.8. The molecule has 0 amide bonds. The van der Waals surface area contributed by atoms with Gasteiger partial charge in [-0.3, -0.25) is 14.4 Å². The Labute approximate surface area is 321 Å². The predicted octanol–water partition coefficient (Wildman–Crippen LogP) is 7.25. The van der Waals surface area contributed by atoms with Gasteiger partial charge in [0.2, 0.25) is 5.88 Å². The molecule has 2 aromatic rings. The minimum absolute atomic E-state index is 0.0170. The zero-order chi connectivity index (χ0) is 40.1. The molecule has 55 heavy (non-hydrogen) atoms. The zero-order valence-corrected chi connectivity index (χ0v) is 33.7. The molecule has 5 aliphatic rings. The second kappa shape index (κ2) is 12.9. The Morgan fingerprint density at radius 2 is 1.67 bits per heavy atom. The standard InChI is InChI=1S/C42H56N2O11/c1-10-52-33(46)24-21-43-44(32(24)51-9)30-12-13-39(5)29(42(30,8)35(49)53-22-28-23(2)54-36(50)55-28)11-14-41(7)31(39)27(45)19-25-26-20-38(4,34(47)48)16-15-37(26,3)17-18-40(25,41)6/h19,21,26,29-31H,10-18,20,22H2,1-9H3,(H,47,48)/t26-,29+,30-,31+,37+,38-,39-,40+,41+,42-/m0/s1. The van der Waals surface area contributed by atoms with E-state index in [0.717, 1.165) is 24.8 Å². The Bertz CT molecular complexity index is 2020. The van der Waals surface area contributed by atoms with Crippen molar-refractivity contribution in [3.63, 3.8) is 0 Å². The van der Waals surface area contributed by atoms with Crippen LogP contribution in [0.4, 0.5) is 0 Å². The number of carbonyl (C=O) groups is 4. The molecule has 5 aliphatic carbocycles. The maximum Gasteiger partial charge on any atom is 0.519 e. The van der Waals surface area contributed by atoms with Crippen molar-refractivity contribution in [2.24, 2.45) is 50.2 Å². The van der Waals surface area contributed by atoms with Gasteiger partial charge in [0.1, 0.15) is 5.56 Å². The SMILES string of the molecule is CCOC(=O)c1cnn([C@H]2CC[C@@]3(C)[C@@H](CC[C@]4(C)[C@@H]3C(=O)C=C3[C@@H]5C[C@@](C)(C(=O)O)CC[C@]5(C)CC[C@]34C)[C@]2(C)C(=O)OCc2oc(=O)oc2C)c1OC. The second-order valence-electron chi connectivity index (χ2n) is 18.6. The van der Waals surface area contributed by atoms with Crippen LogP contribution in [0.2, 0.25) is 0 Å². The normalized spacial score (nSPS) is 39.4. The zero-order valence-electron chi connectivity index (χ0n) is 33.7. The highest BCUT2D eigenvalue weighted by Crippen LogP contribution is 2.76. The van der Waals surface area contributed by atoms with E-state index >= 15 is 4.79 Å². The third-order valence-corrected chi connectivity index (χ3v) is 16.1. The summed E-state index contributed by atoms with van der Waals surface area (Å²) in [5.74, 6) is -3.10. The summed E-state index contributed by atoms with van der Waals surface area (Å²) in [4.78, 5) is 67.3. The molecule has 0 bridgehead atoms. The first-order valence-electron chi connectivity index (χ1n) is 19.8. The monoisotopic (exact) mass is 764 g/mol. The molecule has 1 N–H and O–H groups in total. The van der Waals surface area contributed by atoms with E-state index in [1.165, 1.54) is 13.3 Å². The van der Waals surface area contributed by atoms with E-state index in [9.17, 15) is 24.3 Å². The number of ketones is 1. The molecule has 0 aliphatic heterocycles. The average Bonchev–Trinajstić information content (AvgIpc) is 3.70. The molecule has 0 radical (unpaired) electrons. The number of hydrogen-bond acceptors (Lipinski definition) is 11. The van der Waals surface area contributed by atoms with Gasteiger partial charge in [-0.05, 0) is 125 Å². The predicted molar refractivity (Wildman–Crippen MR) is 197 cm³/mol. The molecule has 2 aromatic heterocycles. The Morgan fingerprint density at radius 3 is 2.31 bits per heavy atom. The minimum Gasteiger partial charge on any atom is -0.481 e. The number of esters is 2. The molecule has 4 saturated carbocycles. The fourth-order valence-electron chi connectivity index (χ4n) is 12.6. The number of methoxy groups -OCH3 is 1. The lowest BCUT2D eigenvalue weighted by molar-refractivity contribution is -0.209. The van der Waals surface area contributed by atoms with Gasteiger partial charge in [-0.2, -0.15) is 5.10 Å². The van der Waals surface area contributed by atoms with Crippen LogP contribution in [-0.4, -0.2) is 52.3 Å². The van der Waals surface area contributed by atoms with Gasteiger partial charge in [0.25, 0.3) is 0 Å². The molecule has 300 valence electrons. The van der Waals surface area contributed by atoms with Crippen molar-refractivity contribution in [3.8, 4) is 5.88 Å².